The van der Waals surface area contributed by atoms with Gasteiger partial charge in [-0.25, -0.2) is 0 Å². The lowest BCUT2D eigenvalue weighted by molar-refractivity contribution is -0.000516. The third-order valence-electron chi connectivity index (χ3n) is 2.62. The number of aryl methyl sites for hydroxylation is 2. The Labute approximate surface area is 90.9 Å². The van der Waals surface area contributed by atoms with E-state index >= 15 is 0 Å². The van der Waals surface area contributed by atoms with E-state index < -0.39 is 6.10 Å². The number of nitrogens with zero attached hydrogens (tertiary/aromatic N) is 2. The summed E-state index contributed by atoms with van der Waals surface area (Å²) in [6.07, 6.45) is -0.0362. The van der Waals surface area contributed by atoms with Gasteiger partial charge >= 0.3 is 0 Å². The monoisotopic (exact) mass is 212 g/mol. The third-order valence-corrected chi connectivity index (χ3v) is 2.62. The molecule has 86 valence electrons. The van der Waals surface area contributed by atoms with Crippen molar-refractivity contribution in [1.82, 2.24) is 9.78 Å². The number of rotatable bonds is 5. The second-order valence-electron chi connectivity index (χ2n) is 3.81. The second-order valence-corrected chi connectivity index (χ2v) is 3.81. The first-order valence-electron chi connectivity index (χ1n) is 5.32. The van der Waals surface area contributed by atoms with Gasteiger partial charge in [0.25, 0.3) is 0 Å². The molecule has 1 aromatic heterocycles. The number of hydrogen-bond donors (Lipinski definition) is 1. The van der Waals surface area contributed by atoms with Gasteiger partial charge in [0.05, 0.1) is 17.9 Å². The maximum atomic E-state index is 9.83. The second kappa shape index (κ2) is 5.28. The molecule has 0 saturated heterocycles. The van der Waals surface area contributed by atoms with Gasteiger partial charge in [-0.05, 0) is 26.8 Å². The lowest BCUT2D eigenvalue weighted by Crippen LogP contribution is -2.27. The summed E-state index contributed by atoms with van der Waals surface area (Å²) in [5.41, 5.74) is 2.05. The predicted octanol–water partition coefficient (Wildman–Crippen LogP) is 1.15. The van der Waals surface area contributed by atoms with Crippen molar-refractivity contribution in [1.29, 1.82) is 0 Å². The zero-order chi connectivity index (χ0) is 11.4. The summed E-state index contributed by atoms with van der Waals surface area (Å²) in [6.45, 7) is 6.70. The van der Waals surface area contributed by atoms with E-state index in [1.54, 1.807) is 7.11 Å². The molecule has 0 aliphatic heterocycles. The van der Waals surface area contributed by atoms with Crippen LogP contribution in [-0.2, 0) is 17.7 Å². The van der Waals surface area contributed by atoms with Crippen molar-refractivity contribution in [2.75, 3.05) is 7.11 Å². The Morgan fingerprint density at radius 2 is 2.27 bits per heavy atom. The van der Waals surface area contributed by atoms with Gasteiger partial charge in [-0.2, -0.15) is 5.10 Å². The molecule has 0 fully saturated rings. The van der Waals surface area contributed by atoms with Crippen LogP contribution in [0, 0.1) is 6.92 Å². The topological polar surface area (TPSA) is 47.3 Å². The van der Waals surface area contributed by atoms with Crippen LogP contribution in [-0.4, -0.2) is 34.2 Å². The van der Waals surface area contributed by atoms with E-state index in [0.717, 1.165) is 17.9 Å². The van der Waals surface area contributed by atoms with Gasteiger partial charge in [0.1, 0.15) is 0 Å². The number of aliphatic hydroxyl groups is 1. The average Bonchev–Trinajstić information content (AvgIpc) is 2.57. The van der Waals surface area contributed by atoms with E-state index in [-0.39, 0.29) is 6.10 Å². The molecule has 0 aliphatic carbocycles. The highest BCUT2D eigenvalue weighted by molar-refractivity contribution is 5.10. The van der Waals surface area contributed by atoms with Gasteiger partial charge in [-0.3, -0.25) is 4.68 Å². The molecule has 1 heterocycles. The highest BCUT2D eigenvalue weighted by Crippen LogP contribution is 2.10. The van der Waals surface area contributed by atoms with Crippen LogP contribution < -0.4 is 0 Å². The van der Waals surface area contributed by atoms with Gasteiger partial charge in [-0.15, -0.1) is 0 Å². The molecule has 1 N–H and O–H groups in total. The largest absolute Gasteiger partial charge is 0.390 e. The maximum Gasteiger partial charge on any atom is 0.0854 e. The number of ether oxygens (including phenoxy) is 1. The molecule has 0 aliphatic rings. The quantitative estimate of drug-likeness (QED) is 0.796. The van der Waals surface area contributed by atoms with Crippen LogP contribution in [0.3, 0.4) is 0 Å². The number of aliphatic hydroxyl groups excluding tert-OH is 1. The standard InChI is InChI=1S/C11H20N2O2/c1-5-13-10(6-8(2)12-13)7-11(14)9(3)15-4/h6,9,11,14H,5,7H2,1-4H3. The molecular formula is C11H20N2O2. The van der Waals surface area contributed by atoms with Crippen molar-refractivity contribution in [3.8, 4) is 0 Å². The Hall–Kier alpha value is -0.870. The number of hydrogen-bond acceptors (Lipinski definition) is 3. The van der Waals surface area contributed by atoms with Crippen LogP contribution in [0.5, 0.6) is 0 Å². The molecule has 4 heteroatoms. The van der Waals surface area contributed by atoms with Crippen LogP contribution in [0.1, 0.15) is 25.2 Å². The lowest BCUT2D eigenvalue weighted by Gasteiger charge is -2.17. The molecule has 2 unspecified atom stereocenters. The van der Waals surface area contributed by atoms with Crippen molar-refractivity contribution in [3.63, 3.8) is 0 Å². The lowest BCUT2D eigenvalue weighted by atomic mass is 10.1. The minimum absolute atomic E-state index is 0.148. The van der Waals surface area contributed by atoms with Crippen LogP contribution in [0.4, 0.5) is 0 Å². The summed E-state index contributed by atoms with van der Waals surface area (Å²) in [5, 5.41) is 14.2. The summed E-state index contributed by atoms with van der Waals surface area (Å²) in [7, 11) is 1.61. The summed E-state index contributed by atoms with van der Waals surface area (Å²) >= 11 is 0. The first-order valence-corrected chi connectivity index (χ1v) is 5.32. The Kier molecular flexibility index (Phi) is 4.29. The highest BCUT2D eigenvalue weighted by Gasteiger charge is 2.16. The number of aromatic nitrogens is 2. The molecule has 0 aromatic carbocycles. The van der Waals surface area contributed by atoms with Crippen molar-refractivity contribution in [3.05, 3.63) is 17.5 Å². The Balaban J connectivity index is 2.70. The van der Waals surface area contributed by atoms with Gasteiger partial charge < -0.3 is 9.84 Å². The van der Waals surface area contributed by atoms with E-state index in [9.17, 15) is 5.11 Å². The summed E-state index contributed by atoms with van der Waals surface area (Å²) < 4.78 is 7.00. The molecule has 0 radical (unpaired) electrons. The van der Waals surface area contributed by atoms with E-state index in [1.807, 2.05) is 31.5 Å². The molecule has 15 heavy (non-hydrogen) atoms. The summed E-state index contributed by atoms with van der Waals surface area (Å²) in [4.78, 5) is 0. The van der Waals surface area contributed by atoms with Gasteiger partial charge in [-0.1, -0.05) is 0 Å². The number of methoxy groups -OCH3 is 1. The fourth-order valence-electron chi connectivity index (χ4n) is 1.57. The minimum atomic E-state index is -0.476. The first-order chi connectivity index (χ1) is 7.08. The SMILES string of the molecule is CCn1nc(C)cc1CC(O)C(C)OC. The smallest absolute Gasteiger partial charge is 0.0854 e. The van der Waals surface area contributed by atoms with Crippen molar-refractivity contribution >= 4 is 0 Å². The molecule has 0 spiro atoms. The highest BCUT2D eigenvalue weighted by atomic mass is 16.5. The minimum Gasteiger partial charge on any atom is -0.390 e. The Morgan fingerprint density at radius 1 is 1.60 bits per heavy atom. The summed E-state index contributed by atoms with van der Waals surface area (Å²) in [6, 6.07) is 2.01. The normalized spacial score (nSPS) is 15.3. The molecule has 1 rings (SSSR count). The zero-order valence-electron chi connectivity index (χ0n) is 9.90. The van der Waals surface area contributed by atoms with Crippen LogP contribution in [0.25, 0.3) is 0 Å². The maximum absolute atomic E-state index is 9.83. The van der Waals surface area contributed by atoms with E-state index in [4.69, 9.17) is 4.74 Å². The predicted molar refractivity (Wildman–Crippen MR) is 58.8 cm³/mol. The average molecular weight is 212 g/mol. The summed E-state index contributed by atoms with van der Waals surface area (Å²) in [5.74, 6) is 0. The van der Waals surface area contributed by atoms with Crippen LogP contribution in [0.2, 0.25) is 0 Å². The molecule has 0 amide bonds. The van der Waals surface area contributed by atoms with Crippen molar-refractivity contribution in [2.24, 2.45) is 0 Å². The van der Waals surface area contributed by atoms with Crippen molar-refractivity contribution in [2.45, 2.75) is 45.9 Å². The van der Waals surface area contributed by atoms with Gasteiger partial charge in [0, 0.05) is 25.8 Å². The molecular weight excluding hydrogens is 192 g/mol. The zero-order valence-corrected chi connectivity index (χ0v) is 9.90. The third kappa shape index (κ3) is 3.04. The Bertz CT molecular complexity index is 310. The van der Waals surface area contributed by atoms with Crippen LogP contribution >= 0.6 is 0 Å². The molecule has 1 aromatic rings. The Morgan fingerprint density at radius 3 is 2.80 bits per heavy atom. The molecule has 0 saturated carbocycles. The fourth-order valence-corrected chi connectivity index (χ4v) is 1.57. The first kappa shape index (κ1) is 12.2. The van der Waals surface area contributed by atoms with E-state index in [2.05, 4.69) is 5.10 Å². The van der Waals surface area contributed by atoms with Crippen LogP contribution in [0.15, 0.2) is 6.07 Å². The van der Waals surface area contributed by atoms with E-state index in [1.165, 1.54) is 0 Å². The molecule has 2 atom stereocenters. The molecule has 0 bridgehead atoms. The van der Waals surface area contributed by atoms with E-state index in [0.29, 0.717) is 6.42 Å². The molecule has 4 nitrogen and oxygen atoms in total. The van der Waals surface area contributed by atoms with Gasteiger partial charge in [0.2, 0.25) is 0 Å². The fraction of sp³-hybridized carbons (Fsp3) is 0.727. The van der Waals surface area contributed by atoms with Crippen molar-refractivity contribution < 1.29 is 9.84 Å². The van der Waals surface area contributed by atoms with Gasteiger partial charge in [0.15, 0.2) is 0 Å².